The number of nitrogens with zero attached hydrogens (tertiary/aromatic N) is 1. The van der Waals surface area contributed by atoms with Crippen LogP contribution >= 0.6 is 23.2 Å². The van der Waals surface area contributed by atoms with Crippen LogP contribution in [0, 0.1) is 6.92 Å². The van der Waals surface area contributed by atoms with Gasteiger partial charge in [0, 0.05) is 5.56 Å². The van der Waals surface area contributed by atoms with Crippen molar-refractivity contribution in [2.45, 2.75) is 13.3 Å². The van der Waals surface area contributed by atoms with E-state index in [9.17, 15) is 13.6 Å². The summed E-state index contributed by atoms with van der Waals surface area (Å²) in [5.41, 5.74) is -0.435. The van der Waals surface area contributed by atoms with Crippen molar-refractivity contribution < 1.29 is 13.6 Å². The van der Waals surface area contributed by atoms with E-state index in [2.05, 4.69) is 4.98 Å². The molecule has 0 aliphatic rings. The van der Waals surface area contributed by atoms with Crippen molar-refractivity contribution in [2.24, 2.45) is 0 Å². The van der Waals surface area contributed by atoms with Crippen molar-refractivity contribution in [1.29, 1.82) is 0 Å². The standard InChI is InChI=1S/C8H5Cl2F2NO/c1-3-4(8(11)12)2-5(7(10)14)13-6(3)9/h2,8H,1H3. The predicted molar refractivity (Wildman–Crippen MR) is 49.1 cm³/mol. The van der Waals surface area contributed by atoms with Crippen LogP contribution < -0.4 is 0 Å². The van der Waals surface area contributed by atoms with Crippen LogP contribution in [0.5, 0.6) is 0 Å². The Bertz CT molecular complexity index is 382. The third-order valence-corrected chi connectivity index (χ3v) is 2.25. The largest absolute Gasteiger partial charge is 0.274 e. The fourth-order valence-corrected chi connectivity index (χ4v) is 1.22. The number of alkyl halides is 2. The van der Waals surface area contributed by atoms with Gasteiger partial charge in [-0.15, -0.1) is 0 Å². The zero-order chi connectivity index (χ0) is 10.9. The van der Waals surface area contributed by atoms with Gasteiger partial charge in [0.25, 0.3) is 11.7 Å². The maximum absolute atomic E-state index is 12.4. The molecule has 14 heavy (non-hydrogen) atoms. The molecule has 0 bridgehead atoms. The summed E-state index contributed by atoms with van der Waals surface area (Å²) in [7, 11) is 0. The van der Waals surface area contributed by atoms with Crippen molar-refractivity contribution >= 4 is 28.4 Å². The van der Waals surface area contributed by atoms with Crippen molar-refractivity contribution in [2.75, 3.05) is 0 Å². The van der Waals surface area contributed by atoms with Gasteiger partial charge in [-0.1, -0.05) is 11.6 Å². The van der Waals surface area contributed by atoms with Crippen molar-refractivity contribution in [3.05, 3.63) is 28.0 Å². The number of aromatic nitrogens is 1. The lowest BCUT2D eigenvalue weighted by atomic mass is 10.1. The molecule has 0 aliphatic heterocycles. The number of carbonyl (C=O) groups excluding carboxylic acids is 1. The molecule has 0 radical (unpaired) electrons. The Balaban J connectivity index is 3.35. The Labute approximate surface area is 88.8 Å². The summed E-state index contributed by atoms with van der Waals surface area (Å²) in [4.78, 5) is 14.2. The molecular formula is C8H5Cl2F2NO. The minimum absolute atomic E-state index is 0.133. The molecule has 0 aliphatic carbocycles. The van der Waals surface area contributed by atoms with E-state index in [0.29, 0.717) is 0 Å². The predicted octanol–water partition coefficient (Wildman–Crippen LogP) is 3.36. The summed E-state index contributed by atoms with van der Waals surface area (Å²) < 4.78 is 24.8. The molecule has 1 aromatic rings. The maximum atomic E-state index is 12.4. The van der Waals surface area contributed by atoms with E-state index in [1.807, 2.05) is 0 Å². The van der Waals surface area contributed by atoms with Crippen LogP contribution in [-0.2, 0) is 0 Å². The van der Waals surface area contributed by atoms with Crippen LogP contribution in [0.4, 0.5) is 8.78 Å². The molecule has 0 spiro atoms. The summed E-state index contributed by atoms with van der Waals surface area (Å²) in [6, 6.07) is 0.946. The van der Waals surface area contributed by atoms with Gasteiger partial charge >= 0.3 is 0 Å². The molecular weight excluding hydrogens is 235 g/mol. The molecule has 1 heterocycles. The summed E-state index contributed by atoms with van der Waals surface area (Å²) in [5, 5.41) is -1.04. The third-order valence-electron chi connectivity index (χ3n) is 1.69. The monoisotopic (exact) mass is 239 g/mol. The summed E-state index contributed by atoms with van der Waals surface area (Å²) >= 11 is 10.7. The Morgan fingerprint density at radius 2 is 2.14 bits per heavy atom. The molecule has 1 aromatic heterocycles. The van der Waals surface area contributed by atoms with Crippen LogP contribution in [0.3, 0.4) is 0 Å². The summed E-state index contributed by atoms with van der Waals surface area (Å²) in [6.45, 7) is 1.40. The van der Waals surface area contributed by atoms with E-state index >= 15 is 0 Å². The van der Waals surface area contributed by atoms with E-state index in [1.165, 1.54) is 6.92 Å². The normalized spacial score (nSPS) is 10.7. The Kier molecular flexibility index (Phi) is 3.39. The second-order valence-corrected chi connectivity index (χ2v) is 3.29. The molecule has 1 rings (SSSR count). The average molecular weight is 240 g/mol. The quantitative estimate of drug-likeness (QED) is 0.586. The van der Waals surface area contributed by atoms with E-state index in [1.54, 1.807) is 0 Å². The highest BCUT2D eigenvalue weighted by atomic mass is 35.5. The van der Waals surface area contributed by atoms with Gasteiger partial charge in [0.05, 0.1) is 0 Å². The molecule has 0 saturated heterocycles. The van der Waals surface area contributed by atoms with Gasteiger partial charge in [-0.3, -0.25) is 4.79 Å². The van der Waals surface area contributed by atoms with Gasteiger partial charge < -0.3 is 0 Å². The lowest BCUT2D eigenvalue weighted by molar-refractivity contribution is 0.107. The first-order valence-electron chi connectivity index (χ1n) is 3.58. The molecule has 0 N–H and O–H groups in total. The zero-order valence-electron chi connectivity index (χ0n) is 7.02. The Morgan fingerprint density at radius 3 is 2.57 bits per heavy atom. The van der Waals surface area contributed by atoms with E-state index in [0.717, 1.165) is 6.07 Å². The minimum Gasteiger partial charge on any atom is -0.274 e. The molecule has 0 amide bonds. The van der Waals surface area contributed by atoms with Crippen LogP contribution in [0.25, 0.3) is 0 Å². The van der Waals surface area contributed by atoms with Gasteiger partial charge in [0.1, 0.15) is 10.8 Å². The van der Waals surface area contributed by atoms with Gasteiger partial charge in [0.2, 0.25) is 0 Å². The smallest absolute Gasteiger partial charge is 0.270 e. The Hall–Kier alpha value is -0.740. The summed E-state index contributed by atoms with van der Waals surface area (Å²) in [6.07, 6.45) is -2.70. The third kappa shape index (κ3) is 2.19. The highest BCUT2D eigenvalue weighted by molar-refractivity contribution is 6.67. The van der Waals surface area contributed by atoms with Gasteiger partial charge in [0.15, 0.2) is 0 Å². The lowest BCUT2D eigenvalue weighted by Gasteiger charge is -2.06. The average Bonchev–Trinajstić information content (AvgIpc) is 2.08. The van der Waals surface area contributed by atoms with Crippen molar-refractivity contribution in [3.8, 4) is 0 Å². The topological polar surface area (TPSA) is 30.0 Å². The van der Waals surface area contributed by atoms with Crippen LogP contribution in [-0.4, -0.2) is 10.2 Å². The number of pyridine rings is 1. The first-order valence-corrected chi connectivity index (χ1v) is 4.34. The molecule has 0 unspecified atom stereocenters. The number of rotatable bonds is 2. The first-order chi connectivity index (χ1) is 6.43. The van der Waals surface area contributed by atoms with E-state index < -0.39 is 11.7 Å². The maximum Gasteiger partial charge on any atom is 0.270 e. The molecule has 2 nitrogen and oxygen atoms in total. The van der Waals surface area contributed by atoms with Crippen molar-refractivity contribution in [1.82, 2.24) is 4.98 Å². The summed E-state index contributed by atoms with van der Waals surface area (Å²) in [5.74, 6) is 0. The van der Waals surface area contributed by atoms with Gasteiger partial charge in [-0.2, -0.15) is 0 Å². The second-order valence-electron chi connectivity index (χ2n) is 2.59. The number of carbonyl (C=O) groups is 1. The molecule has 0 aromatic carbocycles. The van der Waals surface area contributed by atoms with Crippen molar-refractivity contribution in [3.63, 3.8) is 0 Å². The highest BCUT2D eigenvalue weighted by Crippen LogP contribution is 2.27. The molecule has 0 fully saturated rings. The van der Waals surface area contributed by atoms with E-state index in [-0.39, 0.29) is 22.0 Å². The molecule has 76 valence electrons. The molecule has 0 atom stereocenters. The lowest BCUT2D eigenvalue weighted by Crippen LogP contribution is -2.00. The highest BCUT2D eigenvalue weighted by Gasteiger charge is 2.17. The second kappa shape index (κ2) is 4.19. The minimum atomic E-state index is -2.70. The number of hydrogen-bond acceptors (Lipinski definition) is 2. The first kappa shape index (κ1) is 11.3. The number of hydrogen-bond donors (Lipinski definition) is 0. The Morgan fingerprint density at radius 1 is 1.57 bits per heavy atom. The van der Waals surface area contributed by atoms with Gasteiger partial charge in [-0.25, -0.2) is 13.8 Å². The van der Waals surface area contributed by atoms with Gasteiger partial charge in [-0.05, 0) is 30.2 Å². The molecule has 6 heteroatoms. The van der Waals surface area contributed by atoms with Crippen LogP contribution in [0.2, 0.25) is 5.15 Å². The van der Waals surface area contributed by atoms with Crippen LogP contribution in [0.15, 0.2) is 6.07 Å². The molecule has 0 saturated carbocycles. The fourth-order valence-electron chi connectivity index (χ4n) is 0.924. The fraction of sp³-hybridized carbons (Fsp3) is 0.250. The van der Waals surface area contributed by atoms with E-state index in [4.69, 9.17) is 23.2 Å². The van der Waals surface area contributed by atoms with Crippen LogP contribution in [0.1, 0.15) is 28.0 Å². The number of halogens is 4. The zero-order valence-corrected chi connectivity index (χ0v) is 8.53. The SMILES string of the molecule is Cc1c(C(F)F)cc(C(=O)Cl)nc1Cl.